The van der Waals surface area contributed by atoms with Crippen molar-refractivity contribution in [1.82, 2.24) is 9.47 Å². The van der Waals surface area contributed by atoms with E-state index in [1.807, 2.05) is 16.7 Å². The Balaban J connectivity index is 1.57. The molecule has 0 radical (unpaired) electrons. The molecule has 114 valence electrons. The van der Waals surface area contributed by atoms with Crippen LogP contribution in [0.25, 0.3) is 0 Å². The monoisotopic (exact) mass is 298 g/mol. The van der Waals surface area contributed by atoms with Crippen LogP contribution in [0, 0.1) is 11.7 Å². The number of halogens is 1. The van der Waals surface area contributed by atoms with Crippen molar-refractivity contribution in [2.75, 3.05) is 13.1 Å². The second-order valence-corrected chi connectivity index (χ2v) is 6.52. The fraction of sp³-hybridized carbons (Fsp3) is 0.389. The van der Waals surface area contributed by atoms with Gasteiger partial charge < -0.3 is 4.57 Å². The molecule has 2 aliphatic heterocycles. The molecule has 0 amide bonds. The molecule has 22 heavy (non-hydrogen) atoms. The SMILES string of the molecule is O=c1cccc2n1C[C@H]1C[C@@H]2CN(Cc2cccc(F)c2)C1. The lowest BCUT2D eigenvalue weighted by atomic mass is 9.83. The number of pyridine rings is 1. The van der Waals surface area contributed by atoms with Crippen LogP contribution in [0.3, 0.4) is 0 Å². The van der Waals surface area contributed by atoms with Gasteiger partial charge in [0.25, 0.3) is 5.56 Å². The maximum Gasteiger partial charge on any atom is 0.250 e. The summed E-state index contributed by atoms with van der Waals surface area (Å²) in [6.45, 7) is 3.51. The molecule has 3 heterocycles. The zero-order chi connectivity index (χ0) is 15.1. The van der Waals surface area contributed by atoms with Crippen LogP contribution in [0.1, 0.15) is 23.6 Å². The number of benzene rings is 1. The first-order valence-corrected chi connectivity index (χ1v) is 7.85. The highest BCUT2D eigenvalue weighted by Gasteiger charge is 2.34. The van der Waals surface area contributed by atoms with Crippen LogP contribution in [-0.4, -0.2) is 22.6 Å². The smallest absolute Gasteiger partial charge is 0.250 e. The van der Waals surface area contributed by atoms with Gasteiger partial charge in [-0.05, 0) is 36.1 Å². The molecule has 1 aromatic carbocycles. The minimum atomic E-state index is -0.174. The Morgan fingerprint density at radius 3 is 2.82 bits per heavy atom. The molecule has 4 heteroatoms. The van der Waals surface area contributed by atoms with Gasteiger partial charge in [0.1, 0.15) is 5.82 Å². The fourth-order valence-corrected chi connectivity index (χ4v) is 4.02. The molecule has 0 saturated carbocycles. The van der Waals surface area contributed by atoms with Crippen LogP contribution in [0.5, 0.6) is 0 Å². The van der Waals surface area contributed by atoms with Crippen LogP contribution in [0.15, 0.2) is 47.3 Å². The Kier molecular flexibility index (Phi) is 3.34. The normalized spacial score (nSPS) is 24.0. The van der Waals surface area contributed by atoms with Gasteiger partial charge >= 0.3 is 0 Å². The molecule has 2 bridgehead atoms. The predicted molar refractivity (Wildman–Crippen MR) is 83.2 cm³/mol. The predicted octanol–water partition coefficient (Wildman–Crippen LogP) is 2.61. The molecule has 2 atom stereocenters. The van der Waals surface area contributed by atoms with E-state index in [1.165, 1.54) is 6.07 Å². The van der Waals surface area contributed by atoms with Crippen molar-refractivity contribution in [1.29, 1.82) is 0 Å². The van der Waals surface area contributed by atoms with Crippen LogP contribution in [0.4, 0.5) is 4.39 Å². The van der Waals surface area contributed by atoms with Crippen LogP contribution in [0.2, 0.25) is 0 Å². The molecular formula is C18H19FN2O. The van der Waals surface area contributed by atoms with Crippen molar-refractivity contribution in [3.63, 3.8) is 0 Å². The Morgan fingerprint density at radius 1 is 1.09 bits per heavy atom. The molecule has 4 rings (SSSR count). The molecule has 2 aromatic rings. The van der Waals surface area contributed by atoms with Crippen molar-refractivity contribution >= 4 is 0 Å². The van der Waals surface area contributed by atoms with Gasteiger partial charge in [0, 0.05) is 43.9 Å². The molecular weight excluding hydrogens is 279 g/mol. The van der Waals surface area contributed by atoms with Crippen molar-refractivity contribution in [2.24, 2.45) is 5.92 Å². The second kappa shape index (κ2) is 5.36. The first-order valence-electron chi connectivity index (χ1n) is 7.85. The lowest BCUT2D eigenvalue weighted by Crippen LogP contribution is -2.46. The minimum absolute atomic E-state index is 0.116. The van der Waals surface area contributed by atoms with E-state index in [-0.39, 0.29) is 11.4 Å². The van der Waals surface area contributed by atoms with E-state index < -0.39 is 0 Å². The van der Waals surface area contributed by atoms with E-state index in [0.29, 0.717) is 11.8 Å². The molecule has 0 spiro atoms. The van der Waals surface area contributed by atoms with Gasteiger partial charge in [0.15, 0.2) is 0 Å². The first-order chi connectivity index (χ1) is 10.7. The maximum atomic E-state index is 13.3. The summed E-state index contributed by atoms with van der Waals surface area (Å²) >= 11 is 0. The van der Waals surface area contributed by atoms with Crippen LogP contribution >= 0.6 is 0 Å². The topological polar surface area (TPSA) is 25.2 Å². The molecule has 1 aromatic heterocycles. The van der Waals surface area contributed by atoms with E-state index in [9.17, 15) is 9.18 Å². The Morgan fingerprint density at radius 2 is 1.95 bits per heavy atom. The van der Waals surface area contributed by atoms with E-state index in [0.717, 1.165) is 43.9 Å². The molecule has 0 N–H and O–H groups in total. The third-order valence-electron chi connectivity index (χ3n) is 4.85. The number of nitrogens with zero attached hydrogens (tertiary/aromatic N) is 2. The average molecular weight is 298 g/mol. The standard InChI is InChI=1S/C18H19FN2O/c19-16-4-1-3-13(8-16)9-20-10-14-7-15(12-20)17-5-2-6-18(22)21(17)11-14/h1-6,8,14-15H,7,9-12H2/t14-,15+/m0/s1. The fourth-order valence-electron chi connectivity index (χ4n) is 4.02. The highest BCUT2D eigenvalue weighted by atomic mass is 19.1. The van der Waals surface area contributed by atoms with Crippen LogP contribution in [-0.2, 0) is 13.1 Å². The van der Waals surface area contributed by atoms with E-state index in [4.69, 9.17) is 0 Å². The zero-order valence-electron chi connectivity index (χ0n) is 12.4. The van der Waals surface area contributed by atoms with Gasteiger partial charge in [0.2, 0.25) is 0 Å². The minimum Gasteiger partial charge on any atom is -0.312 e. The summed E-state index contributed by atoms with van der Waals surface area (Å²) in [6.07, 6.45) is 1.16. The lowest BCUT2D eigenvalue weighted by molar-refractivity contribution is 0.114. The maximum absolute atomic E-state index is 13.3. The molecule has 0 unspecified atom stereocenters. The number of piperidine rings is 1. The molecule has 1 fully saturated rings. The highest BCUT2D eigenvalue weighted by Crippen LogP contribution is 2.35. The van der Waals surface area contributed by atoms with Crippen molar-refractivity contribution in [3.05, 3.63) is 69.9 Å². The van der Waals surface area contributed by atoms with Crippen molar-refractivity contribution in [3.8, 4) is 0 Å². The summed E-state index contributed by atoms with van der Waals surface area (Å²) < 4.78 is 15.3. The van der Waals surface area contributed by atoms with Crippen molar-refractivity contribution < 1.29 is 4.39 Å². The van der Waals surface area contributed by atoms with E-state index in [1.54, 1.807) is 18.2 Å². The van der Waals surface area contributed by atoms with Gasteiger partial charge in [-0.15, -0.1) is 0 Å². The average Bonchev–Trinajstić information content (AvgIpc) is 2.48. The Hall–Kier alpha value is -1.94. The Bertz CT molecular complexity index is 755. The Labute approximate surface area is 129 Å². The zero-order valence-corrected chi connectivity index (χ0v) is 12.4. The molecule has 1 saturated heterocycles. The van der Waals surface area contributed by atoms with Gasteiger partial charge in [-0.1, -0.05) is 18.2 Å². The van der Waals surface area contributed by atoms with Crippen molar-refractivity contribution in [2.45, 2.75) is 25.4 Å². The molecule has 2 aliphatic rings. The van der Waals surface area contributed by atoms with Crippen LogP contribution < -0.4 is 5.56 Å². The summed E-state index contributed by atoms with van der Waals surface area (Å²) in [5, 5.41) is 0. The van der Waals surface area contributed by atoms with Gasteiger partial charge in [-0.2, -0.15) is 0 Å². The summed E-state index contributed by atoms with van der Waals surface area (Å²) in [4.78, 5) is 14.4. The third-order valence-corrected chi connectivity index (χ3v) is 4.85. The number of likely N-dealkylation sites (tertiary alicyclic amines) is 1. The number of rotatable bonds is 2. The third kappa shape index (κ3) is 2.48. The van der Waals surface area contributed by atoms with Gasteiger partial charge in [0.05, 0.1) is 0 Å². The lowest BCUT2D eigenvalue weighted by Gasteiger charge is -2.42. The largest absolute Gasteiger partial charge is 0.312 e. The van der Waals surface area contributed by atoms with Gasteiger partial charge in [-0.25, -0.2) is 4.39 Å². The second-order valence-electron chi connectivity index (χ2n) is 6.52. The number of fused-ring (bicyclic) bond motifs is 4. The quantitative estimate of drug-likeness (QED) is 0.851. The molecule has 0 aliphatic carbocycles. The summed E-state index contributed by atoms with van der Waals surface area (Å²) in [6, 6.07) is 12.4. The van der Waals surface area contributed by atoms with Gasteiger partial charge in [-0.3, -0.25) is 9.69 Å². The number of hydrogen-bond donors (Lipinski definition) is 0. The summed E-state index contributed by atoms with van der Waals surface area (Å²) in [5.74, 6) is 0.751. The first kappa shape index (κ1) is 13.7. The highest BCUT2D eigenvalue weighted by molar-refractivity contribution is 5.19. The number of hydrogen-bond acceptors (Lipinski definition) is 2. The summed E-state index contributed by atoms with van der Waals surface area (Å²) in [7, 11) is 0. The van der Waals surface area contributed by atoms with E-state index >= 15 is 0 Å². The molecule has 3 nitrogen and oxygen atoms in total. The summed E-state index contributed by atoms with van der Waals surface area (Å²) in [5.41, 5.74) is 2.30. The van der Waals surface area contributed by atoms with E-state index in [2.05, 4.69) is 11.0 Å². The number of aromatic nitrogens is 1.